The number of aromatic nitrogens is 2. The van der Waals surface area contributed by atoms with Crippen LogP contribution in [0.15, 0.2) is 34.9 Å². The number of nitrogens with two attached hydrogens (primary N) is 2. The van der Waals surface area contributed by atoms with Crippen molar-refractivity contribution in [2.24, 2.45) is 17.5 Å². The number of rotatable bonds is 10. The van der Waals surface area contributed by atoms with Crippen molar-refractivity contribution in [3.05, 3.63) is 63.2 Å². The zero-order valence-corrected chi connectivity index (χ0v) is 22.4. The van der Waals surface area contributed by atoms with E-state index in [-0.39, 0.29) is 29.4 Å². The van der Waals surface area contributed by atoms with Gasteiger partial charge in [0.2, 0.25) is 0 Å². The van der Waals surface area contributed by atoms with Gasteiger partial charge in [-0.25, -0.2) is 15.2 Å². The molecule has 3 rings (SSSR count). The number of hydrazine groups is 1. The van der Waals surface area contributed by atoms with E-state index in [9.17, 15) is 9.59 Å². The van der Waals surface area contributed by atoms with E-state index in [1.165, 1.54) is 17.1 Å². The number of pyridine rings is 2. The Balaban J connectivity index is 0.00000235. The highest BCUT2D eigenvalue weighted by Gasteiger charge is 2.25. The highest BCUT2D eigenvalue weighted by molar-refractivity contribution is 5.66. The lowest BCUT2D eigenvalue weighted by molar-refractivity contribution is -0.108. The second-order valence-corrected chi connectivity index (χ2v) is 9.22. The normalized spacial score (nSPS) is 16.0. The maximum absolute atomic E-state index is 15.5. The average Bonchev–Trinajstić information content (AvgIpc) is 2.89. The number of aliphatic hydroxyl groups excluding tert-OH is 1. The number of carbonyl (C=O) groups excluding carboxylic acids is 1. The number of aryl methyl sites for hydroxylation is 2. The summed E-state index contributed by atoms with van der Waals surface area (Å²) in [4.78, 5) is 30.2. The molecule has 1 saturated heterocycles. The first-order valence-corrected chi connectivity index (χ1v) is 12.8. The summed E-state index contributed by atoms with van der Waals surface area (Å²) >= 11 is 0. The molecule has 9 nitrogen and oxygen atoms in total. The lowest BCUT2D eigenvalue weighted by atomic mass is 9.94. The summed E-state index contributed by atoms with van der Waals surface area (Å²) in [6, 6.07) is 4.70. The van der Waals surface area contributed by atoms with E-state index < -0.39 is 5.82 Å². The predicted octanol–water partition coefficient (Wildman–Crippen LogP) is 2.44. The predicted molar refractivity (Wildman–Crippen MR) is 145 cm³/mol. The Labute approximate surface area is 218 Å². The number of likely N-dealkylation sites (N-methyl/N-ethyl adjacent to an activating group) is 1. The van der Waals surface area contributed by atoms with E-state index in [1.54, 1.807) is 11.6 Å². The number of nitrogens with zero attached hydrogens (tertiary/aromatic N) is 4. The Morgan fingerprint density at radius 3 is 2.68 bits per heavy atom. The van der Waals surface area contributed by atoms with Crippen molar-refractivity contribution >= 4 is 17.7 Å². The van der Waals surface area contributed by atoms with Crippen LogP contribution in [0.1, 0.15) is 56.5 Å². The zero-order chi connectivity index (χ0) is 27.5. The Kier molecular flexibility index (Phi) is 11.7. The minimum atomic E-state index is -0.400. The quantitative estimate of drug-likeness (QED) is 0.249. The largest absolute Gasteiger partial charge is 0.400 e. The second kappa shape index (κ2) is 14.5. The van der Waals surface area contributed by atoms with E-state index in [0.29, 0.717) is 36.5 Å². The molecule has 3 heterocycles. The van der Waals surface area contributed by atoms with Crippen LogP contribution in [0.5, 0.6) is 0 Å². The first-order valence-electron chi connectivity index (χ1n) is 12.8. The van der Waals surface area contributed by atoms with Crippen molar-refractivity contribution < 1.29 is 14.3 Å². The fourth-order valence-electron chi connectivity index (χ4n) is 4.71. The summed E-state index contributed by atoms with van der Waals surface area (Å²) in [5.41, 5.74) is 9.41. The Morgan fingerprint density at radius 2 is 2.05 bits per heavy atom. The van der Waals surface area contributed by atoms with E-state index in [0.717, 1.165) is 51.2 Å². The number of allylic oxidation sites excluding steroid dienone is 1. The first-order chi connectivity index (χ1) is 17.8. The maximum Gasteiger partial charge on any atom is 0.250 e. The van der Waals surface area contributed by atoms with Gasteiger partial charge in [-0.1, -0.05) is 26.3 Å². The van der Waals surface area contributed by atoms with Crippen molar-refractivity contribution in [3.8, 4) is 0 Å². The molecule has 2 aromatic rings. The number of halogens is 1. The van der Waals surface area contributed by atoms with Gasteiger partial charge < -0.3 is 30.1 Å². The molecule has 204 valence electrons. The van der Waals surface area contributed by atoms with Gasteiger partial charge in [-0.2, -0.15) is 0 Å². The molecule has 0 aromatic carbocycles. The third-order valence-corrected chi connectivity index (χ3v) is 6.53. The molecule has 1 aliphatic heterocycles. The van der Waals surface area contributed by atoms with Crippen molar-refractivity contribution in [1.82, 2.24) is 14.6 Å². The van der Waals surface area contributed by atoms with E-state index in [1.807, 2.05) is 24.1 Å². The summed E-state index contributed by atoms with van der Waals surface area (Å²) in [6.45, 7) is 5.49. The topological polar surface area (TPSA) is 131 Å². The minimum absolute atomic E-state index is 0.140. The second-order valence-electron chi connectivity index (χ2n) is 9.22. The molecule has 0 bridgehead atoms. The molecule has 2 aromatic heterocycles. The summed E-state index contributed by atoms with van der Waals surface area (Å²) in [5.74, 6) is 5.91. The molecule has 1 fully saturated rings. The van der Waals surface area contributed by atoms with Crippen molar-refractivity contribution in [2.45, 2.75) is 58.9 Å². The molecule has 1 aliphatic rings. The highest BCUT2D eigenvalue weighted by Crippen LogP contribution is 2.31. The van der Waals surface area contributed by atoms with Gasteiger partial charge in [0.15, 0.2) is 5.82 Å². The van der Waals surface area contributed by atoms with Crippen LogP contribution < -0.4 is 22.0 Å². The van der Waals surface area contributed by atoms with Crippen LogP contribution in [0.3, 0.4) is 0 Å². The molecule has 0 amide bonds. The minimum Gasteiger partial charge on any atom is -0.400 e. The van der Waals surface area contributed by atoms with E-state index >= 15 is 4.39 Å². The molecule has 5 N–H and O–H groups in total. The number of anilines is 1. The van der Waals surface area contributed by atoms with Gasteiger partial charge in [0.1, 0.15) is 6.29 Å². The molecular weight excluding hydrogens is 475 g/mol. The number of hydrogen-bond donors (Lipinski definition) is 3. The molecule has 1 unspecified atom stereocenters. The van der Waals surface area contributed by atoms with Crippen LogP contribution in [0, 0.1) is 11.7 Å². The fourth-order valence-corrected chi connectivity index (χ4v) is 4.71. The number of aldehydes is 1. The van der Waals surface area contributed by atoms with E-state index in [4.69, 9.17) is 21.7 Å². The molecule has 1 atom stereocenters. The number of carbonyl (C=O) groups is 1. The maximum atomic E-state index is 15.5. The highest BCUT2D eigenvalue weighted by atomic mass is 19.1. The summed E-state index contributed by atoms with van der Waals surface area (Å²) in [5, 5.41) is 8.35. The van der Waals surface area contributed by atoms with Gasteiger partial charge in [0, 0.05) is 52.0 Å². The lowest BCUT2D eigenvalue weighted by Gasteiger charge is -2.35. The summed E-state index contributed by atoms with van der Waals surface area (Å²) < 4.78 is 17.1. The third kappa shape index (κ3) is 7.62. The van der Waals surface area contributed by atoms with Gasteiger partial charge in [-0.15, -0.1) is 0 Å². The fraction of sp³-hybridized carbons (Fsp3) is 0.519. The monoisotopic (exact) mass is 516 g/mol. The Hall–Kier alpha value is -3.24. The van der Waals surface area contributed by atoms with Crippen LogP contribution in [0.25, 0.3) is 5.70 Å². The van der Waals surface area contributed by atoms with E-state index in [2.05, 4.69) is 6.92 Å². The first kappa shape index (κ1) is 30.0. The molecular formula is C27H41FN6O3. The van der Waals surface area contributed by atoms with Crippen LogP contribution in [0.4, 0.5) is 10.1 Å². The SMILES string of the molecule is CCCc1ccc(=O)n(C/C(=C(/N)c2cc(F)c(N3CCCC(CC=O)C3)c(CC)n2)N(C)N)c1.CO. The Morgan fingerprint density at radius 1 is 1.32 bits per heavy atom. The van der Waals surface area contributed by atoms with Crippen molar-refractivity contribution in [1.29, 1.82) is 0 Å². The smallest absolute Gasteiger partial charge is 0.250 e. The van der Waals surface area contributed by atoms with Gasteiger partial charge >= 0.3 is 0 Å². The van der Waals surface area contributed by atoms with Gasteiger partial charge in [0.25, 0.3) is 5.56 Å². The molecule has 0 radical (unpaired) electrons. The van der Waals surface area contributed by atoms with Crippen molar-refractivity contribution in [3.63, 3.8) is 0 Å². The van der Waals surface area contributed by atoms with Gasteiger partial charge in [-0.05, 0) is 37.2 Å². The van der Waals surface area contributed by atoms with Crippen LogP contribution >= 0.6 is 0 Å². The summed E-state index contributed by atoms with van der Waals surface area (Å²) in [6.07, 6.45) is 7.42. The number of aliphatic hydroxyl groups is 1. The number of hydrogen-bond acceptors (Lipinski definition) is 8. The lowest BCUT2D eigenvalue weighted by Crippen LogP contribution is -2.37. The van der Waals surface area contributed by atoms with Gasteiger partial charge in [-0.3, -0.25) is 4.79 Å². The Bertz CT molecular complexity index is 1130. The van der Waals surface area contributed by atoms with Crippen molar-refractivity contribution in [2.75, 3.05) is 32.1 Å². The molecule has 10 heteroatoms. The standard InChI is InChI=1S/C26H37FN6O2.CH4O/c1-4-7-18-9-10-24(35)33(16-18)17-23(31(3)29)25(28)22-14-20(27)26(21(5-2)30-22)32-12-6-8-19(15-32)11-13-34;1-2/h9-10,13-14,16,19H,4-8,11-12,15,17,28-29H2,1-3H3;2H,1H3/b25-23-;. The third-order valence-electron chi connectivity index (χ3n) is 6.53. The van der Waals surface area contributed by atoms with Crippen LogP contribution in [0.2, 0.25) is 0 Å². The number of piperidine rings is 1. The van der Waals surface area contributed by atoms with Crippen LogP contribution in [-0.2, 0) is 24.2 Å². The zero-order valence-electron chi connectivity index (χ0n) is 22.4. The van der Waals surface area contributed by atoms with Gasteiger partial charge in [0.05, 0.1) is 35.0 Å². The molecule has 37 heavy (non-hydrogen) atoms. The average molecular weight is 517 g/mol. The molecule has 0 aliphatic carbocycles. The van der Waals surface area contributed by atoms with Crippen LogP contribution in [-0.4, -0.2) is 53.2 Å². The summed E-state index contributed by atoms with van der Waals surface area (Å²) in [7, 11) is 2.63. The molecule has 0 saturated carbocycles. The molecule has 0 spiro atoms.